The third-order valence-electron chi connectivity index (χ3n) is 2.98. The number of fused-ring (bicyclic) bond motifs is 1. The maximum absolute atomic E-state index is 13.4. The van der Waals surface area contributed by atoms with Gasteiger partial charge in [0, 0.05) is 17.1 Å². The van der Waals surface area contributed by atoms with Crippen LogP contribution in [0.1, 0.15) is 5.56 Å². The van der Waals surface area contributed by atoms with E-state index in [1.165, 1.54) is 11.6 Å². The maximum Gasteiger partial charge on any atom is 0.415 e. The Balaban J connectivity index is 2.27. The van der Waals surface area contributed by atoms with Gasteiger partial charge in [-0.1, -0.05) is 11.9 Å². The van der Waals surface area contributed by atoms with Crippen molar-refractivity contribution in [2.24, 2.45) is 0 Å². The molecule has 0 saturated heterocycles. The first-order valence-corrected chi connectivity index (χ1v) is 6.12. The Labute approximate surface area is 109 Å². The summed E-state index contributed by atoms with van der Waals surface area (Å²) in [6.07, 6.45) is -1.37. The number of H-pyrrole nitrogens is 1. The van der Waals surface area contributed by atoms with Crippen LogP contribution in [0, 0.1) is 5.82 Å². The predicted molar refractivity (Wildman–Crippen MR) is 63.7 cm³/mol. The van der Waals surface area contributed by atoms with Gasteiger partial charge in [0.1, 0.15) is 11.5 Å². The molecule has 3 heterocycles. The second-order valence-electron chi connectivity index (χ2n) is 4.08. The lowest BCUT2D eigenvalue weighted by molar-refractivity contribution is -0.177. The van der Waals surface area contributed by atoms with E-state index >= 15 is 0 Å². The summed E-state index contributed by atoms with van der Waals surface area (Å²) in [6, 6.07) is 1.04. The number of aromatic nitrogens is 2. The fourth-order valence-electron chi connectivity index (χ4n) is 2.05. The Morgan fingerprint density at radius 2 is 2.11 bits per heavy atom. The second kappa shape index (κ2) is 3.97. The van der Waals surface area contributed by atoms with E-state index in [-0.39, 0.29) is 16.6 Å². The lowest BCUT2D eigenvalue weighted by atomic mass is 9.90. The number of rotatable bonds is 1. The fraction of sp³-hybridized carbons (Fsp3) is 0.182. The van der Waals surface area contributed by atoms with E-state index in [9.17, 15) is 17.6 Å². The van der Waals surface area contributed by atoms with Crippen LogP contribution in [-0.2, 0) is 5.54 Å². The molecule has 1 unspecified atom stereocenters. The van der Waals surface area contributed by atoms with E-state index in [1.807, 2.05) is 0 Å². The van der Waals surface area contributed by atoms with Gasteiger partial charge in [-0.3, -0.25) is 0 Å². The summed E-state index contributed by atoms with van der Waals surface area (Å²) in [5.74, 6) is -0.680. The van der Waals surface area contributed by atoms with Crippen LogP contribution in [0.4, 0.5) is 17.6 Å². The zero-order valence-corrected chi connectivity index (χ0v) is 10.1. The van der Waals surface area contributed by atoms with Crippen molar-refractivity contribution >= 4 is 23.0 Å². The molecule has 2 aromatic rings. The van der Waals surface area contributed by atoms with Gasteiger partial charge < -0.3 is 4.98 Å². The van der Waals surface area contributed by atoms with E-state index < -0.39 is 17.5 Å². The molecule has 0 aliphatic carbocycles. The summed E-state index contributed by atoms with van der Waals surface area (Å²) in [4.78, 5) is 6.36. The first-order chi connectivity index (χ1) is 8.94. The van der Waals surface area contributed by atoms with Gasteiger partial charge in [0.2, 0.25) is 0 Å². The summed E-state index contributed by atoms with van der Waals surface area (Å²) in [5, 5.41) is 1.43. The van der Waals surface area contributed by atoms with Gasteiger partial charge in [-0.15, -0.1) is 0 Å². The van der Waals surface area contributed by atoms with Crippen molar-refractivity contribution < 1.29 is 17.6 Å². The van der Waals surface area contributed by atoms with Gasteiger partial charge in [0.15, 0.2) is 5.54 Å². The molecule has 0 radical (unpaired) electrons. The first kappa shape index (κ1) is 12.5. The molecule has 3 rings (SSSR count). The lowest BCUT2D eigenvalue weighted by Gasteiger charge is -2.29. The van der Waals surface area contributed by atoms with E-state index in [0.29, 0.717) is 0 Å². The number of halogens is 4. The molecule has 0 saturated carbocycles. The van der Waals surface area contributed by atoms with Crippen LogP contribution in [0.5, 0.6) is 0 Å². The Kier molecular flexibility index (Phi) is 2.61. The Bertz CT molecular complexity index is 663. The van der Waals surface area contributed by atoms with Gasteiger partial charge in [0.05, 0.1) is 6.20 Å². The van der Waals surface area contributed by atoms with Crippen molar-refractivity contribution in [1.82, 2.24) is 14.7 Å². The summed E-state index contributed by atoms with van der Waals surface area (Å²) >= 11 is 0.840. The Morgan fingerprint density at radius 3 is 2.74 bits per heavy atom. The number of nitrogens with one attached hydrogen (secondary N) is 2. The summed E-state index contributed by atoms with van der Waals surface area (Å²) < 4.78 is 55.6. The standard InChI is InChI=1S/C11H7F4N3S/c12-6-3-7-8(5-17-9(7)16-4-6)10(11(13,14)15)1-2-19-18-10/h1-5,18H,(H,16,17). The lowest BCUT2D eigenvalue weighted by Crippen LogP contribution is -2.47. The summed E-state index contributed by atoms with van der Waals surface area (Å²) in [6.45, 7) is 0. The highest BCUT2D eigenvalue weighted by molar-refractivity contribution is 8.00. The second-order valence-corrected chi connectivity index (χ2v) is 4.79. The third-order valence-corrected chi connectivity index (χ3v) is 3.69. The number of hydrogen-bond acceptors (Lipinski definition) is 3. The van der Waals surface area contributed by atoms with Crippen LogP contribution in [-0.4, -0.2) is 16.1 Å². The zero-order valence-electron chi connectivity index (χ0n) is 9.25. The first-order valence-electron chi connectivity index (χ1n) is 5.24. The van der Waals surface area contributed by atoms with E-state index in [0.717, 1.165) is 30.3 Å². The van der Waals surface area contributed by atoms with Gasteiger partial charge >= 0.3 is 6.18 Å². The van der Waals surface area contributed by atoms with Crippen molar-refractivity contribution in [3.8, 4) is 0 Å². The van der Waals surface area contributed by atoms with Crippen LogP contribution in [0.15, 0.2) is 29.9 Å². The molecule has 0 aromatic carbocycles. The topological polar surface area (TPSA) is 40.7 Å². The molecule has 0 amide bonds. The highest BCUT2D eigenvalue weighted by atomic mass is 32.2. The summed E-state index contributed by atoms with van der Waals surface area (Å²) in [7, 11) is 0. The highest BCUT2D eigenvalue weighted by Gasteiger charge is 2.57. The summed E-state index contributed by atoms with van der Waals surface area (Å²) in [5.41, 5.74) is -2.21. The molecule has 2 N–H and O–H groups in total. The van der Waals surface area contributed by atoms with Gasteiger partial charge in [-0.25, -0.2) is 14.1 Å². The monoisotopic (exact) mass is 289 g/mol. The molecule has 1 atom stereocenters. The van der Waals surface area contributed by atoms with E-state index in [2.05, 4.69) is 14.7 Å². The molecule has 1 aliphatic rings. The molecule has 19 heavy (non-hydrogen) atoms. The number of alkyl halides is 3. The zero-order chi connectivity index (χ0) is 13.7. The average molecular weight is 289 g/mol. The normalized spacial score (nSPS) is 23.4. The number of hydrogen-bond donors (Lipinski definition) is 2. The Hall–Kier alpha value is -1.54. The minimum Gasteiger partial charge on any atom is -0.346 e. The molecule has 3 nitrogen and oxygen atoms in total. The minimum absolute atomic E-state index is 0.0942. The van der Waals surface area contributed by atoms with Crippen molar-refractivity contribution in [1.29, 1.82) is 0 Å². The molecule has 1 aliphatic heterocycles. The molecule has 8 heteroatoms. The van der Waals surface area contributed by atoms with E-state index in [1.54, 1.807) is 0 Å². The fourth-order valence-corrected chi connectivity index (χ4v) is 2.87. The minimum atomic E-state index is -4.55. The van der Waals surface area contributed by atoms with Crippen molar-refractivity contribution in [3.63, 3.8) is 0 Å². The highest BCUT2D eigenvalue weighted by Crippen LogP contribution is 2.46. The van der Waals surface area contributed by atoms with Crippen LogP contribution < -0.4 is 4.72 Å². The van der Waals surface area contributed by atoms with Gasteiger partial charge in [-0.2, -0.15) is 13.2 Å². The predicted octanol–water partition coefficient (Wildman–Crippen LogP) is 3.22. The quantitative estimate of drug-likeness (QED) is 0.625. The van der Waals surface area contributed by atoms with Crippen molar-refractivity contribution in [3.05, 3.63) is 41.3 Å². The van der Waals surface area contributed by atoms with Crippen molar-refractivity contribution in [2.75, 3.05) is 0 Å². The molecule has 0 spiro atoms. The average Bonchev–Trinajstić information content (AvgIpc) is 2.92. The number of nitrogens with zero attached hydrogens (tertiary/aromatic N) is 1. The van der Waals surface area contributed by atoms with Gasteiger partial charge in [0.25, 0.3) is 0 Å². The molecule has 0 bridgehead atoms. The SMILES string of the molecule is Fc1cnc2[nH]cc(C3(C(F)(F)F)C=CSN3)c2c1. The molecule has 2 aromatic heterocycles. The molecule has 100 valence electrons. The van der Waals surface area contributed by atoms with Gasteiger partial charge in [-0.05, 0) is 17.6 Å². The smallest absolute Gasteiger partial charge is 0.346 e. The van der Waals surface area contributed by atoms with Crippen LogP contribution in [0.3, 0.4) is 0 Å². The molecular formula is C11H7F4N3S. The van der Waals surface area contributed by atoms with Crippen LogP contribution in [0.25, 0.3) is 11.0 Å². The van der Waals surface area contributed by atoms with Crippen LogP contribution in [0.2, 0.25) is 0 Å². The molecular weight excluding hydrogens is 282 g/mol. The van der Waals surface area contributed by atoms with Crippen molar-refractivity contribution in [2.45, 2.75) is 11.7 Å². The van der Waals surface area contributed by atoms with E-state index in [4.69, 9.17) is 0 Å². The maximum atomic E-state index is 13.4. The number of pyridine rings is 1. The Morgan fingerprint density at radius 1 is 1.32 bits per heavy atom. The molecule has 0 fully saturated rings. The number of aromatic amines is 1. The largest absolute Gasteiger partial charge is 0.415 e. The third kappa shape index (κ3) is 1.74. The van der Waals surface area contributed by atoms with Crippen LogP contribution >= 0.6 is 11.9 Å².